The summed E-state index contributed by atoms with van der Waals surface area (Å²) in [6, 6.07) is 8.06. The molecule has 0 aliphatic carbocycles. The van der Waals surface area contributed by atoms with Crippen molar-refractivity contribution in [2.75, 3.05) is 56.7 Å². The second-order valence-electron chi connectivity index (χ2n) is 5.26. The number of thioether (sulfide) groups is 1. The molecular formula is C16H25N3O2S. The Kier molecular flexibility index (Phi) is 7.73. The van der Waals surface area contributed by atoms with Crippen molar-refractivity contribution in [3.63, 3.8) is 0 Å². The van der Waals surface area contributed by atoms with Crippen LogP contribution in [0.25, 0.3) is 0 Å². The summed E-state index contributed by atoms with van der Waals surface area (Å²) in [4.78, 5) is 14.4. The van der Waals surface area contributed by atoms with E-state index in [4.69, 9.17) is 4.74 Å². The standard InChI is InChI=1S/C16H25N3O2S/c1-21-9-6-17-12-16(20)18-15-5-3-2-4-14(15)13-19-7-10-22-11-8-19/h2-5,17H,6-13H2,1H3,(H,18,20). The number of nitrogens with one attached hydrogen (secondary N) is 2. The molecule has 122 valence electrons. The molecule has 2 N–H and O–H groups in total. The Labute approximate surface area is 136 Å². The van der Waals surface area contributed by atoms with E-state index >= 15 is 0 Å². The van der Waals surface area contributed by atoms with Crippen LogP contribution < -0.4 is 10.6 Å². The van der Waals surface area contributed by atoms with Crippen LogP contribution in [0.5, 0.6) is 0 Å². The fourth-order valence-electron chi connectivity index (χ4n) is 2.35. The first kappa shape index (κ1) is 17.3. The molecule has 1 aliphatic rings. The summed E-state index contributed by atoms with van der Waals surface area (Å²) in [7, 11) is 1.65. The maximum Gasteiger partial charge on any atom is 0.238 e. The topological polar surface area (TPSA) is 53.6 Å². The maximum atomic E-state index is 12.0. The lowest BCUT2D eigenvalue weighted by Crippen LogP contribution is -2.33. The lowest BCUT2D eigenvalue weighted by Gasteiger charge is -2.27. The molecule has 0 saturated carbocycles. The molecule has 1 fully saturated rings. The number of amides is 1. The molecule has 1 saturated heterocycles. The number of carbonyl (C=O) groups is 1. The lowest BCUT2D eigenvalue weighted by atomic mass is 10.1. The zero-order valence-electron chi connectivity index (χ0n) is 13.1. The Balaban J connectivity index is 1.85. The summed E-state index contributed by atoms with van der Waals surface area (Å²) in [6.07, 6.45) is 0. The summed E-state index contributed by atoms with van der Waals surface area (Å²) in [6.45, 7) is 4.72. The van der Waals surface area contributed by atoms with Gasteiger partial charge in [-0.3, -0.25) is 9.69 Å². The number of carbonyl (C=O) groups excluding carboxylic acids is 1. The molecule has 1 aromatic rings. The Morgan fingerprint density at radius 1 is 1.32 bits per heavy atom. The third-order valence-corrected chi connectivity index (χ3v) is 4.50. The number of benzene rings is 1. The fraction of sp³-hybridized carbons (Fsp3) is 0.562. The van der Waals surface area contributed by atoms with Crippen LogP contribution in [0.15, 0.2) is 24.3 Å². The van der Waals surface area contributed by atoms with Gasteiger partial charge in [-0.15, -0.1) is 0 Å². The molecule has 5 nitrogen and oxygen atoms in total. The van der Waals surface area contributed by atoms with Crippen molar-refractivity contribution in [3.05, 3.63) is 29.8 Å². The molecule has 1 aromatic carbocycles. The molecule has 1 heterocycles. The van der Waals surface area contributed by atoms with Gasteiger partial charge in [0, 0.05) is 50.5 Å². The monoisotopic (exact) mass is 323 g/mol. The molecule has 0 radical (unpaired) electrons. The van der Waals surface area contributed by atoms with Crippen molar-refractivity contribution >= 4 is 23.4 Å². The second kappa shape index (κ2) is 9.84. The van der Waals surface area contributed by atoms with Gasteiger partial charge < -0.3 is 15.4 Å². The Morgan fingerprint density at radius 3 is 2.86 bits per heavy atom. The Hall–Kier alpha value is -1.08. The lowest BCUT2D eigenvalue weighted by molar-refractivity contribution is -0.115. The molecule has 6 heteroatoms. The number of nitrogens with zero attached hydrogens (tertiary/aromatic N) is 1. The van der Waals surface area contributed by atoms with Crippen molar-refractivity contribution in [2.24, 2.45) is 0 Å². The highest BCUT2D eigenvalue weighted by molar-refractivity contribution is 7.99. The number of ether oxygens (including phenoxy) is 1. The largest absolute Gasteiger partial charge is 0.383 e. The first-order valence-electron chi connectivity index (χ1n) is 7.67. The van der Waals surface area contributed by atoms with E-state index < -0.39 is 0 Å². The maximum absolute atomic E-state index is 12.0. The van der Waals surface area contributed by atoms with E-state index in [0.29, 0.717) is 19.7 Å². The van der Waals surface area contributed by atoms with Crippen LogP contribution in [-0.2, 0) is 16.1 Å². The van der Waals surface area contributed by atoms with Crippen molar-refractivity contribution < 1.29 is 9.53 Å². The average Bonchev–Trinajstić information content (AvgIpc) is 2.54. The number of anilines is 1. The average molecular weight is 323 g/mol. The molecule has 0 aromatic heterocycles. The molecule has 0 atom stereocenters. The Bertz CT molecular complexity index is 464. The second-order valence-corrected chi connectivity index (χ2v) is 6.49. The predicted molar refractivity (Wildman–Crippen MR) is 92.4 cm³/mol. The van der Waals surface area contributed by atoms with Crippen LogP contribution in [0.4, 0.5) is 5.69 Å². The minimum atomic E-state index is -0.0160. The van der Waals surface area contributed by atoms with Crippen LogP contribution in [0, 0.1) is 0 Å². The van der Waals surface area contributed by atoms with Crippen molar-refractivity contribution in [2.45, 2.75) is 6.54 Å². The summed E-state index contributed by atoms with van der Waals surface area (Å²) in [5.74, 6) is 2.37. The molecule has 0 spiro atoms. The first-order valence-corrected chi connectivity index (χ1v) is 8.82. The van der Waals surface area contributed by atoms with Gasteiger partial charge in [-0.1, -0.05) is 18.2 Å². The van der Waals surface area contributed by atoms with Gasteiger partial charge in [-0.2, -0.15) is 11.8 Å². The summed E-state index contributed by atoms with van der Waals surface area (Å²) < 4.78 is 4.94. The molecule has 1 amide bonds. The van der Waals surface area contributed by atoms with Gasteiger partial charge in [0.15, 0.2) is 0 Å². The van der Waals surface area contributed by atoms with E-state index in [1.54, 1.807) is 7.11 Å². The fourth-order valence-corrected chi connectivity index (χ4v) is 3.33. The van der Waals surface area contributed by atoms with Crippen LogP contribution in [-0.4, -0.2) is 62.2 Å². The van der Waals surface area contributed by atoms with Gasteiger partial charge in [-0.25, -0.2) is 0 Å². The molecule has 0 bridgehead atoms. The highest BCUT2D eigenvalue weighted by Crippen LogP contribution is 2.19. The van der Waals surface area contributed by atoms with Crippen molar-refractivity contribution in [1.82, 2.24) is 10.2 Å². The van der Waals surface area contributed by atoms with E-state index in [1.807, 2.05) is 30.0 Å². The summed E-state index contributed by atoms with van der Waals surface area (Å²) in [5.41, 5.74) is 2.10. The minimum Gasteiger partial charge on any atom is -0.383 e. The number of hydrogen-bond acceptors (Lipinski definition) is 5. The van der Waals surface area contributed by atoms with Crippen molar-refractivity contribution in [1.29, 1.82) is 0 Å². The molecule has 22 heavy (non-hydrogen) atoms. The first-order chi connectivity index (χ1) is 10.8. The molecule has 1 aliphatic heterocycles. The molecule has 2 rings (SSSR count). The van der Waals surface area contributed by atoms with Gasteiger partial charge in [0.25, 0.3) is 0 Å². The van der Waals surface area contributed by atoms with E-state index in [-0.39, 0.29) is 5.91 Å². The normalized spacial score (nSPS) is 15.7. The van der Waals surface area contributed by atoms with Gasteiger partial charge in [0.2, 0.25) is 5.91 Å². The van der Waals surface area contributed by atoms with Crippen LogP contribution >= 0.6 is 11.8 Å². The molecular weight excluding hydrogens is 298 g/mol. The van der Waals surface area contributed by atoms with Gasteiger partial charge in [-0.05, 0) is 11.6 Å². The summed E-state index contributed by atoms with van der Waals surface area (Å²) in [5, 5.41) is 6.06. The SMILES string of the molecule is COCCNCC(=O)Nc1ccccc1CN1CCSCC1. The van der Waals surface area contributed by atoms with Crippen molar-refractivity contribution in [3.8, 4) is 0 Å². The van der Waals surface area contributed by atoms with Gasteiger partial charge >= 0.3 is 0 Å². The Morgan fingerprint density at radius 2 is 2.09 bits per heavy atom. The number of hydrogen-bond donors (Lipinski definition) is 2. The van der Waals surface area contributed by atoms with E-state index in [9.17, 15) is 4.79 Å². The zero-order chi connectivity index (χ0) is 15.6. The van der Waals surface area contributed by atoms with Crippen LogP contribution in [0.1, 0.15) is 5.56 Å². The highest BCUT2D eigenvalue weighted by atomic mass is 32.2. The van der Waals surface area contributed by atoms with Gasteiger partial charge in [0.05, 0.1) is 13.2 Å². The van der Waals surface area contributed by atoms with E-state index in [1.165, 1.54) is 17.1 Å². The smallest absolute Gasteiger partial charge is 0.238 e. The zero-order valence-corrected chi connectivity index (χ0v) is 14.0. The highest BCUT2D eigenvalue weighted by Gasteiger charge is 2.13. The number of rotatable bonds is 8. The third-order valence-electron chi connectivity index (χ3n) is 3.56. The van der Waals surface area contributed by atoms with Gasteiger partial charge in [0.1, 0.15) is 0 Å². The summed E-state index contributed by atoms with van der Waals surface area (Å²) >= 11 is 2.01. The molecule has 0 unspecified atom stereocenters. The third kappa shape index (κ3) is 5.96. The minimum absolute atomic E-state index is 0.0160. The van der Waals surface area contributed by atoms with Crippen LogP contribution in [0.3, 0.4) is 0 Å². The van der Waals surface area contributed by atoms with E-state index in [2.05, 4.69) is 21.6 Å². The number of para-hydroxylation sites is 1. The quantitative estimate of drug-likeness (QED) is 0.709. The number of methoxy groups -OCH3 is 1. The predicted octanol–water partition coefficient (Wildman–Crippen LogP) is 1.41. The van der Waals surface area contributed by atoms with E-state index in [0.717, 1.165) is 25.3 Å². The van der Waals surface area contributed by atoms with Crippen LogP contribution in [0.2, 0.25) is 0 Å².